The second kappa shape index (κ2) is 8.50. The highest BCUT2D eigenvalue weighted by molar-refractivity contribution is 6.32. The molecule has 6 heteroatoms. The van der Waals surface area contributed by atoms with Crippen molar-refractivity contribution in [2.75, 3.05) is 19.0 Å². The number of nitrogens with zero attached hydrogens (tertiary/aromatic N) is 2. The van der Waals surface area contributed by atoms with Gasteiger partial charge < -0.3 is 14.8 Å². The molecule has 0 amide bonds. The van der Waals surface area contributed by atoms with Crippen LogP contribution in [-0.2, 0) is 11.3 Å². The summed E-state index contributed by atoms with van der Waals surface area (Å²) in [5.41, 5.74) is 2.80. The van der Waals surface area contributed by atoms with E-state index in [1.165, 1.54) is 5.57 Å². The van der Waals surface area contributed by atoms with Gasteiger partial charge >= 0.3 is 0 Å². The van der Waals surface area contributed by atoms with Crippen LogP contribution >= 0.6 is 11.6 Å². The third-order valence-corrected chi connectivity index (χ3v) is 3.24. The molecule has 0 saturated heterocycles. The summed E-state index contributed by atoms with van der Waals surface area (Å²) in [7, 11) is 1.63. The normalized spacial score (nSPS) is 10.3. The number of halogens is 1. The Morgan fingerprint density at radius 2 is 2.13 bits per heavy atom. The standard InChI is InChI=1S/C17H20ClN3O2/c1-12(2)7-9-23-16-10-13(4-5-15(16)18)20-17-19-8-6-14(21-17)11-22-3/h4-8,10H,9,11H2,1-3H3,(H,19,20,21). The summed E-state index contributed by atoms with van der Waals surface area (Å²) in [5, 5.41) is 3.70. The van der Waals surface area contributed by atoms with Crippen molar-refractivity contribution < 1.29 is 9.47 Å². The van der Waals surface area contributed by atoms with Crippen LogP contribution in [0.1, 0.15) is 19.5 Å². The van der Waals surface area contributed by atoms with Gasteiger partial charge in [-0.1, -0.05) is 17.2 Å². The van der Waals surface area contributed by atoms with E-state index in [1.807, 2.05) is 38.1 Å². The predicted molar refractivity (Wildman–Crippen MR) is 92.4 cm³/mol. The van der Waals surface area contributed by atoms with Gasteiger partial charge in [0, 0.05) is 25.1 Å². The summed E-state index contributed by atoms with van der Waals surface area (Å²) < 4.78 is 10.7. The Bertz CT molecular complexity index is 685. The van der Waals surface area contributed by atoms with Crippen LogP contribution in [0.2, 0.25) is 5.02 Å². The van der Waals surface area contributed by atoms with Crippen molar-refractivity contribution in [2.45, 2.75) is 20.5 Å². The topological polar surface area (TPSA) is 56.3 Å². The molecule has 0 aliphatic carbocycles. The summed E-state index contributed by atoms with van der Waals surface area (Å²) >= 11 is 6.16. The number of rotatable bonds is 7. The van der Waals surface area contributed by atoms with Crippen LogP contribution in [-0.4, -0.2) is 23.7 Å². The van der Waals surface area contributed by atoms with Crippen molar-refractivity contribution in [2.24, 2.45) is 0 Å². The smallest absolute Gasteiger partial charge is 0.227 e. The van der Waals surface area contributed by atoms with Crippen LogP contribution in [0.3, 0.4) is 0 Å². The zero-order valence-electron chi connectivity index (χ0n) is 13.5. The molecule has 1 aromatic heterocycles. The average molecular weight is 334 g/mol. The largest absolute Gasteiger partial charge is 0.488 e. The molecule has 1 heterocycles. The van der Waals surface area contributed by atoms with Crippen molar-refractivity contribution in [1.29, 1.82) is 0 Å². The van der Waals surface area contributed by atoms with Crippen molar-refractivity contribution in [3.8, 4) is 5.75 Å². The maximum atomic E-state index is 6.16. The number of benzene rings is 1. The fraction of sp³-hybridized carbons (Fsp3) is 0.294. The van der Waals surface area contributed by atoms with Gasteiger partial charge in [-0.25, -0.2) is 9.97 Å². The van der Waals surface area contributed by atoms with E-state index in [4.69, 9.17) is 21.1 Å². The maximum absolute atomic E-state index is 6.16. The van der Waals surface area contributed by atoms with Crippen molar-refractivity contribution in [3.63, 3.8) is 0 Å². The monoisotopic (exact) mass is 333 g/mol. The number of hydrogen-bond donors (Lipinski definition) is 1. The lowest BCUT2D eigenvalue weighted by atomic mass is 10.3. The number of hydrogen-bond acceptors (Lipinski definition) is 5. The van der Waals surface area contributed by atoms with E-state index in [0.717, 1.165) is 11.4 Å². The first-order valence-electron chi connectivity index (χ1n) is 7.22. The molecule has 1 aromatic carbocycles. The lowest BCUT2D eigenvalue weighted by Gasteiger charge is -2.10. The van der Waals surface area contributed by atoms with Crippen LogP contribution in [0, 0.1) is 0 Å². The van der Waals surface area contributed by atoms with Crippen LogP contribution in [0.25, 0.3) is 0 Å². The van der Waals surface area contributed by atoms with Gasteiger partial charge in [0.1, 0.15) is 12.4 Å². The van der Waals surface area contributed by atoms with E-state index >= 15 is 0 Å². The summed E-state index contributed by atoms with van der Waals surface area (Å²) in [6.07, 6.45) is 3.68. The first-order valence-corrected chi connectivity index (χ1v) is 7.60. The molecule has 2 rings (SSSR count). The van der Waals surface area contributed by atoms with E-state index < -0.39 is 0 Å². The number of aromatic nitrogens is 2. The molecular formula is C17H20ClN3O2. The SMILES string of the molecule is COCc1ccnc(Nc2ccc(Cl)c(OCC=C(C)C)c2)n1. The first-order chi connectivity index (χ1) is 11.1. The first kappa shape index (κ1) is 17.2. The van der Waals surface area contributed by atoms with Crippen molar-refractivity contribution >= 4 is 23.2 Å². The molecule has 0 radical (unpaired) electrons. The second-order valence-corrected chi connectivity index (χ2v) is 5.57. The highest BCUT2D eigenvalue weighted by Crippen LogP contribution is 2.29. The number of anilines is 2. The Morgan fingerprint density at radius 1 is 1.30 bits per heavy atom. The second-order valence-electron chi connectivity index (χ2n) is 5.17. The zero-order chi connectivity index (χ0) is 16.7. The average Bonchev–Trinajstić information content (AvgIpc) is 2.51. The van der Waals surface area contributed by atoms with Gasteiger partial charge in [0.25, 0.3) is 0 Å². The Kier molecular flexibility index (Phi) is 6.38. The minimum absolute atomic E-state index is 0.439. The Labute approximate surface area is 141 Å². The number of allylic oxidation sites excluding steroid dienone is 1. The fourth-order valence-electron chi connectivity index (χ4n) is 1.80. The summed E-state index contributed by atoms with van der Waals surface area (Å²) in [4.78, 5) is 8.56. The summed E-state index contributed by atoms with van der Waals surface area (Å²) in [5.74, 6) is 1.11. The number of methoxy groups -OCH3 is 1. The van der Waals surface area contributed by atoms with Crippen LogP contribution in [0.15, 0.2) is 42.1 Å². The van der Waals surface area contributed by atoms with Crippen LogP contribution in [0.5, 0.6) is 5.75 Å². The number of ether oxygens (including phenoxy) is 2. The van der Waals surface area contributed by atoms with Gasteiger partial charge in [0.2, 0.25) is 5.95 Å². The molecule has 23 heavy (non-hydrogen) atoms. The van der Waals surface area contributed by atoms with E-state index in [1.54, 1.807) is 19.4 Å². The van der Waals surface area contributed by atoms with E-state index in [-0.39, 0.29) is 0 Å². The van der Waals surface area contributed by atoms with Gasteiger partial charge in [-0.15, -0.1) is 0 Å². The van der Waals surface area contributed by atoms with Gasteiger partial charge in [-0.05, 0) is 38.1 Å². The Morgan fingerprint density at radius 3 is 2.87 bits per heavy atom. The van der Waals surface area contributed by atoms with E-state index in [2.05, 4.69) is 15.3 Å². The quantitative estimate of drug-likeness (QED) is 0.763. The molecule has 2 aromatic rings. The minimum atomic E-state index is 0.439. The maximum Gasteiger partial charge on any atom is 0.227 e. The summed E-state index contributed by atoms with van der Waals surface area (Å²) in [6, 6.07) is 7.27. The molecule has 0 fully saturated rings. The Balaban J connectivity index is 2.11. The molecule has 0 aliphatic rings. The third kappa shape index (κ3) is 5.54. The van der Waals surface area contributed by atoms with Crippen molar-refractivity contribution in [1.82, 2.24) is 9.97 Å². The van der Waals surface area contributed by atoms with E-state index in [9.17, 15) is 0 Å². The lowest BCUT2D eigenvalue weighted by Crippen LogP contribution is -2.01. The van der Waals surface area contributed by atoms with Gasteiger partial charge in [-0.2, -0.15) is 0 Å². The zero-order valence-corrected chi connectivity index (χ0v) is 14.2. The molecule has 0 spiro atoms. The lowest BCUT2D eigenvalue weighted by molar-refractivity contribution is 0.181. The molecule has 0 bridgehead atoms. The van der Waals surface area contributed by atoms with Crippen molar-refractivity contribution in [3.05, 3.63) is 52.8 Å². The molecule has 5 nitrogen and oxygen atoms in total. The van der Waals surface area contributed by atoms with Gasteiger partial charge in [0.05, 0.1) is 17.3 Å². The minimum Gasteiger partial charge on any atom is -0.488 e. The van der Waals surface area contributed by atoms with Crippen LogP contribution in [0.4, 0.5) is 11.6 Å². The van der Waals surface area contributed by atoms with Gasteiger partial charge in [0.15, 0.2) is 0 Å². The fourth-order valence-corrected chi connectivity index (χ4v) is 1.98. The highest BCUT2D eigenvalue weighted by Gasteiger charge is 2.05. The Hall–Kier alpha value is -2.11. The molecule has 0 aliphatic heterocycles. The molecule has 0 saturated carbocycles. The highest BCUT2D eigenvalue weighted by atomic mass is 35.5. The third-order valence-electron chi connectivity index (χ3n) is 2.92. The number of nitrogens with one attached hydrogen (secondary N) is 1. The van der Waals surface area contributed by atoms with Gasteiger partial charge in [-0.3, -0.25) is 0 Å². The molecule has 1 N–H and O–H groups in total. The molecule has 122 valence electrons. The van der Waals surface area contributed by atoms with Crippen LogP contribution < -0.4 is 10.1 Å². The summed E-state index contributed by atoms with van der Waals surface area (Å²) in [6.45, 7) is 4.96. The predicted octanol–water partition coefficient (Wildman–Crippen LogP) is 4.37. The molecule has 0 unspecified atom stereocenters. The molecular weight excluding hydrogens is 314 g/mol. The molecule has 0 atom stereocenters. The van der Waals surface area contributed by atoms with E-state index in [0.29, 0.717) is 29.9 Å².